The molecule has 5 heteroatoms. The van der Waals surface area contributed by atoms with Gasteiger partial charge in [-0.15, -0.1) is 0 Å². The van der Waals surface area contributed by atoms with Crippen molar-refractivity contribution in [1.82, 2.24) is 0 Å². The van der Waals surface area contributed by atoms with Gasteiger partial charge in [0.25, 0.3) is 0 Å². The van der Waals surface area contributed by atoms with Crippen LogP contribution < -0.4 is 19.7 Å². The van der Waals surface area contributed by atoms with E-state index in [4.69, 9.17) is 9.47 Å². The summed E-state index contributed by atoms with van der Waals surface area (Å²) in [4.78, 5) is 14.7. The molecule has 0 aliphatic carbocycles. The quantitative estimate of drug-likeness (QED) is 0.933. The van der Waals surface area contributed by atoms with Gasteiger partial charge < -0.3 is 19.7 Å². The van der Waals surface area contributed by atoms with Gasteiger partial charge in [0, 0.05) is 18.7 Å². The number of carbonyl (C=O) groups is 1. The minimum absolute atomic E-state index is 0.132. The van der Waals surface area contributed by atoms with Gasteiger partial charge in [0.05, 0.1) is 11.4 Å². The molecule has 1 aromatic carbocycles. The second-order valence-electron chi connectivity index (χ2n) is 6.72. The number of carbonyl (C=O) groups excluding carboxylic acids is 1. The number of hydrogen-bond donors (Lipinski definition) is 1. The van der Waals surface area contributed by atoms with E-state index in [9.17, 15) is 4.79 Å². The summed E-state index contributed by atoms with van der Waals surface area (Å²) in [6.07, 6.45) is 0. The number of anilines is 2. The van der Waals surface area contributed by atoms with E-state index >= 15 is 0 Å². The van der Waals surface area contributed by atoms with Crippen LogP contribution in [-0.4, -0.2) is 31.7 Å². The molecule has 22 heavy (non-hydrogen) atoms. The smallest absolute Gasteiger partial charge is 0.249 e. The highest BCUT2D eigenvalue weighted by atomic mass is 16.6. The second kappa shape index (κ2) is 5.71. The van der Waals surface area contributed by atoms with Gasteiger partial charge in [0.2, 0.25) is 5.91 Å². The van der Waals surface area contributed by atoms with E-state index in [1.165, 1.54) is 0 Å². The molecule has 1 aromatic rings. The lowest BCUT2D eigenvalue weighted by molar-refractivity contribution is -0.120. The van der Waals surface area contributed by atoms with Crippen LogP contribution in [0.1, 0.15) is 27.7 Å². The first-order valence-electron chi connectivity index (χ1n) is 7.99. The van der Waals surface area contributed by atoms with Crippen LogP contribution in [0.2, 0.25) is 0 Å². The fourth-order valence-electron chi connectivity index (χ4n) is 2.94. The van der Waals surface area contributed by atoms with Gasteiger partial charge in [0.15, 0.2) is 11.5 Å². The number of nitrogens with zero attached hydrogens (tertiary/aromatic N) is 1. The molecule has 3 rings (SSSR count). The Morgan fingerprint density at radius 1 is 1.18 bits per heavy atom. The second-order valence-corrected chi connectivity index (χ2v) is 6.72. The molecule has 0 bridgehead atoms. The predicted molar refractivity (Wildman–Crippen MR) is 86.9 cm³/mol. The maximum atomic E-state index is 12.8. The van der Waals surface area contributed by atoms with E-state index in [0.29, 0.717) is 25.7 Å². The summed E-state index contributed by atoms with van der Waals surface area (Å²) in [5, 5.41) is 3.37. The third kappa shape index (κ3) is 2.60. The van der Waals surface area contributed by atoms with Crippen molar-refractivity contribution < 1.29 is 14.3 Å². The van der Waals surface area contributed by atoms with Crippen molar-refractivity contribution in [3.05, 3.63) is 12.1 Å². The number of rotatable bonds is 3. The summed E-state index contributed by atoms with van der Waals surface area (Å²) in [7, 11) is 0. The first-order valence-corrected chi connectivity index (χ1v) is 7.99. The fourth-order valence-corrected chi connectivity index (χ4v) is 2.94. The van der Waals surface area contributed by atoms with Gasteiger partial charge in [-0.25, -0.2) is 0 Å². The third-order valence-corrected chi connectivity index (χ3v) is 4.01. The summed E-state index contributed by atoms with van der Waals surface area (Å²) in [6, 6.07) is 3.68. The lowest BCUT2D eigenvalue weighted by Crippen LogP contribution is -2.50. The van der Waals surface area contributed by atoms with E-state index < -0.39 is 0 Å². The topological polar surface area (TPSA) is 50.8 Å². The van der Waals surface area contributed by atoms with E-state index in [2.05, 4.69) is 33.0 Å². The zero-order valence-corrected chi connectivity index (χ0v) is 13.7. The zero-order valence-electron chi connectivity index (χ0n) is 13.7. The molecule has 0 saturated carbocycles. The monoisotopic (exact) mass is 304 g/mol. The number of ether oxygens (including phenoxy) is 2. The highest BCUT2D eigenvalue weighted by molar-refractivity contribution is 6.05. The molecule has 2 aliphatic heterocycles. The number of benzene rings is 1. The molecule has 1 amide bonds. The highest BCUT2D eigenvalue weighted by Gasteiger charge is 2.35. The SMILES string of the molecule is CC(C)CN1C(=O)C(C(C)C)Nc2cc3c(cc21)OCCO3. The Balaban J connectivity index is 2.05. The van der Waals surface area contributed by atoms with Crippen molar-refractivity contribution >= 4 is 17.3 Å². The Hall–Kier alpha value is -1.91. The van der Waals surface area contributed by atoms with E-state index in [0.717, 1.165) is 22.9 Å². The Morgan fingerprint density at radius 3 is 2.41 bits per heavy atom. The van der Waals surface area contributed by atoms with Crippen molar-refractivity contribution in [2.75, 3.05) is 30.0 Å². The molecule has 2 aliphatic rings. The molecule has 0 radical (unpaired) electrons. The summed E-state index contributed by atoms with van der Waals surface area (Å²) < 4.78 is 11.3. The van der Waals surface area contributed by atoms with Crippen LogP contribution in [-0.2, 0) is 4.79 Å². The number of nitrogens with one attached hydrogen (secondary N) is 1. The van der Waals surface area contributed by atoms with Gasteiger partial charge in [-0.3, -0.25) is 4.79 Å². The van der Waals surface area contributed by atoms with Crippen LogP contribution >= 0.6 is 0 Å². The average Bonchev–Trinajstić information content (AvgIpc) is 2.47. The lowest BCUT2D eigenvalue weighted by atomic mass is 9.97. The zero-order chi connectivity index (χ0) is 15.9. The summed E-state index contributed by atoms with van der Waals surface area (Å²) in [5.74, 6) is 2.22. The maximum absolute atomic E-state index is 12.8. The number of amides is 1. The highest BCUT2D eigenvalue weighted by Crippen LogP contribution is 2.43. The molecule has 0 saturated heterocycles. The molecule has 0 fully saturated rings. The summed E-state index contributed by atoms with van der Waals surface area (Å²) in [6.45, 7) is 10.2. The first-order chi connectivity index (χ1) is 10.5. The molecule has 0 spiro atoms. The standard InChI is InChI=1S/C17H24N2O3/c1-10(2)9-19-13-8-15-14(21-5-6-22-15)7-12(13)18-16(11(3)4)17(19)20/h7-8,10-11,16,18H,5-6,9H2,1-4H3. The Morgan fingerprint density at radius 2 is 1.82 bits per heavy atom. The van der Waals surface area contributed by atoms with Crippen LogP contribution in [0.4, 0.5) is 11.4 Å². The van der Waals surface area contributed by atoms with Gasteiger partial charge in [-0.2, -0.15) is 0 Å². The van der Waals surface area contributed by atoms with E-state index in [1.54, 1.807) is 0 Å². The third-order valence-electron chi connectivity index (χ3n) is 4.01. The molecule has 1 atom stereocenters. The first kappa shape index (κ1) is 15.0. The van der Waals surface area contributed by atoms with Crippen LogP contribution in [0.15, 0.2) is 12.1 Å². The van der Waals surface area contributed by atoms with Gasteiger partial charge in [-0.1, -0.05) is 27.7 Å². The Bertz CT molecular complexity index is 584. The molecule has 2 heterocycles. The maximum Gasteiger partial charge on any atom is 0.249 e. The summed E-state index contributed by atoms with van der Waals surface area (Å²) >= 11 is 0. The largest absolute Gasteiger partial charge is 0.486 e. The summed E-state index contributed by atoms with van der Waals surface area (Å²) in [5.41, 5.74) is 1.84. The predicted octanol–water partition coefficient (Wildman–Crippen LogP) is 2.90. The van der Waals surface area contributed by atoms with Crippen molar-refractivity contribution in [3.63, 3.8) is 0 Å². The molecule has 120 valence electrons. The van der Waals surface area contributed by atoms with Crippen molar-refractivity contribution in [2.45, 2.75) is 33.7 Å². The molecular formula is C17H24N2O3. The Labute approximate surface area is 131 Å². The molecule has 5 nitrogen and oxygen atoms in total. The molecular weight excluding hydrogens is 280 g/mol. The van der Waals surface area contributed by atoms with Gasteiger partial charge in [0.1, 0.15) is 19.3 Å². The van der Waals surface area contributed by atoms with Crippen molar-refractivity contribution in [1.29, 1.82) is 0 Å². The molecule has 1 unspecified atom stereocenters. The minimum atomic E-state index is -0.200. The normalized spacial score (nSPS) is 20.2. The van der Waals surface area contributed by atoms with Gasteiger partial charge in [-0.05, 0) is 11.8 Å². The van der Waals surface area contributed by atoms with Gasteiger partial charge >= 0.3 is 0 Å². The van der Waals surface area contributed by atoms with E-state index in [1.807, 2.05) is 17.0 Å². The molecule has 0 aromatic heterocycles. The van der Waals surface area contributed by atoms with Crippen LogP contribution in [0.5, 0.6) is 11.5 Å². The van der Waals surface area contributed by atoms with Crippen molar-refractivity contribution in [3.8, 4) is 11.5 Å². The van der Waals surface area contributed by atoms with Crippen LogP contribution in [0, 0.1) is 11.8 Å². The van der Waals surface area contributed by atoms with E-state index in [-0.39, 0.29) is 17.9 Å². The minimum Gasteiger partial charge on any atom is -0.486 e. The van der Waals surface area contributed by atoms with Crippen molar-refractivity contribution in [2.24, 2.45) is 11.8 Å². The average molecular weight is 304 g/mol. The number of fused-ring (bicyclic) bond motifs is 2. The lowest BCUT2D eigenvalue weighted by Gasteiger charge is -2.38. The van der Waals surface area contributed by atoms with Crippen LogP contribution in [0.25, 0.3) is 0 Å². The molecule has 1 N–H and O–H groups in total. The number of hydrogen-bond acceptors (Lipinski definition) is 4. The Kier molecular flexibility index (Phi) is 3.89. The fraction of sp³-hybridized carbons (Fsp3) is 0.588. The van der Waals surface area contributed by atoms with Crippen LogP contribution in [0.3, 0.4) is 0 Å².